The van der Waals surface area contributed by atoms with Gasteiger partial charge in [-0.05, 0) is 49.2 Å². The van der Waals surface area contributed by atoms with Crippen LogP contribution in [0.25, 0.3) is 0 Å². The molecule has 1 aromatic heterocycles. The topological polar surface area (TPSA) is 50.2 Å². The summed E-state index contributed by atoms with van der Waals surface area (Å²) >= 11 is 0. The monoisotopic (exact) mass is 410 g/mol. The first-order chi connectivity index (χ1) is 14.7. The molecule has 30 heavy (non-hydrogen) atoms. The van der Waals surface area contributed by atoms with Gasteiger partial charge in [-0.15, -0.1) is 0 Å². The first-order valence-corrected chi connectivity index (χ1v) is 10.9. The SMILES string of the molecule is Cn1cccc1[C@H]1CCCN1CC(=O)N1CCN(Cc2ccc3c(c2)OCO3)CC1. The second-order valence-electron chi connectivity index (χ2n) is 8.52. The van der Waals surface area contributed by atoms with Gasteiger partial charge in [-0.2, -0.15) is 0 Å². The molecule has 4 heterocycles. The third kappa shape index (κ3) is 3.91. The zero-order chi connectivity index (χ0) is 20.5. The number of hydrogen-bond acceptors (Lipinski definition) is 5. The summed E-state index contributed by atoms with van der Waals surface area (Å²) in [4.78, 5) is 19.8. The van der Waals surface area contributed by atoms with Crippen LogP contribution in [0.15, 0.2) is 36.5 Å². The summed E-state index contributed by atoms with van der Waals surface area (Å²) in [6, 6.07) is 10.8. The number of rotatable bonds is 5. The maximum absolute atomic E-state index is 13.0. The van der Waals surface area contributed by atoms with Gasteiger partial charge < -0.3 is 18.9 Å². The minimum Gasteiger partial charge on any atom is -0.454 e. The summed E-state index contributed by atoms with van der Waals surface area (Å²) < 4.78 is 13.1. The second kappa shape index (κ2) is 8.32. The molecule has 160 valence electrons. The Kier molecular flexibility index (Phi) is 5.39. The van der Waals surface area contributed by atoms with E-state index < -0.39 is 0 Å². The van der Waals surface area contributed by atoms with Crippen molar-refractivity contribution in [3.8, 4) is 11.5 Å². The number of nitrogens with zero attached hydrogens (tertiary/aromatic N) is 4. The Balaban J connectivity index is 1.13. The number of aryl methyl sites for hydroxylation is 1. The molecule has 7 nitrogen and oxygen atoms in total. The van der Waals surface area contributed by atoms with Gasteiger partial charge in [0, 0.05) is 51.7 Å². The standard InChI is InChI=1S/C23H30N4O3/c1-24-8-2-4-19(24)20-5-3-9-27(20)16-23(28)26-12-10-25(11-13-26)15-18-6-7-21-22(14-18)30-17-29-21/h2,4,6-8,14,20H,3,5,9-13,15-17H2,1H3/t20-/m1/s1. The van der Waals surface area contributed by atoms with E-state index in [0.717, 1.165) is 63.6 Å². The van der Waals surface area contributed by atoms with Crippen molar-refractivity contribution in [3.05, 3.63) is 47.8 Å². The first kappa shape index (κ1) is 19.5. The van der Waals surface area contributed by atoms with Crippen molar-refractivity contribution in [1.29, 1.82) is 0 Å². The maximum Gasteiger partial charge on any atom is 0.236 e. The minimum absolute atomic E-state index is 0.263. The van der Waals surface area contributed by atoms with Gasteiger partial charge in [-0.3, -0.25) is 14.6 Å². The van der Waals surface area contributed by atoms with Crippen molar-refractivity contribution in [2.75, 3.05) is 46.1 Å². The quantitative estimate of drug-likeness (QED) is 0.757. The number of aromatic nitrogens is 1. The lowest BCUT2D eigenvalue weighted by atomic mass is 10.1. The minimum atomic E-state index is 0.263. The smallest absolute Gasteiger partial charge is 0.236 e. The van der Waals surface area contributed by atoms with Crippen LogP contribution in [0.3, 0.4) is 0 Å². The molecule has 5 rings (SSSR count). The number of piperazine rings is 1. The molecule has 3 aliphatic rings. The van der Waals surface area contributed by atoms with Crippen LogP contribution in [0, 0.1) is 0 Å². The number of hydrogen-bond donors (Lipinski definition) is 0. The molecule has 3 aliphatic heterocycles. The Morgan fingerprint density at radius 1 is 1.07 bits per heavy atom. The van der Waals surface area contributed by atoms with Gasteiger partial charge in [0.25, 0.3) is 0 Å². The molecular weight excluding hydrogens is 380 g/mol. The number of likely N-dealkylation sites (tertiary alicyclic amines) is 1. The van der Waals surface area contributed by atoms with E-state index >= 15 is 0 Å². The summed E-state index contributed by atoms with van der Waals surface area (Å²) in [5, 5.41) is 0. The van der Waals surface area contributed by atoms with Gasteiger partial charge in [0.15, 0.2) is 11.5 Å². The lowest BCUT2D eigenvalue weighted by Crippen LogP contribution is -2.50. The highest BCUT2D eigenvalue weighted by Gasteiger charge is 2.31. The van der Waals surface area contributed by atoms with Crippen LogP contribution in [0.2, 0.25) is 0 Å². The fourth-order valence-electron chi connectivity index (χ4n) is 4.90. The number of carbonyl (C=O) groups is 1. The fraction of sp³-hybridized carbons (Fsp3) is 0.522. The summed E-state index contributed by atoms with van der Waals surface area (Å²) in [5.74, 6) is 1.92. The van der Waals surface area contributed by atoms with Crippen molar-refractivity contribution in [3.63, 3.8) is 0 Å². The summed E-state index contributed by atoms with van der Waals surface area (Å²) in [5.41, 5.74) is 2.54. The third-order valence-corrected chi connectivity index (χ3v) is 6.60. The van der Waals surface area contributed by atoms with Gasteiger partial charge in [-0.1, -0.05) is 6.07 Å². The van der Waals surface area contributed by atoms with Crippen molar-refractivity contribution in [2.45, 2.75) is 25.4 Å². The Hall–Kier alpha value is -2.51. The molecule has 7 heteroatoms. The van der Waals surface area contributed by atoms with Gasteiger partial charge >= 0.3 is 0 Å². The molecule has 0 aliphatic carbocycles. The summed E-state index contributed by atoms with van der Waals surface area (Å²) in [6.07, 6.45) is 4.38. The van der Waals surface area contributed by atoms with Gasteiger partial charge in [0.05, 0.1) is 12.6 Å². The van der Waals surface area contributed by atoms with E-state index in [-0.39, 0.29) is 5.91 Å². The lowest BCUT2D eigenvalue weighted by molar-refractivity contribution is -0.134. The molecule has 0 bridgehead atoms. The third-order valence-electron chi connectivity index (χ3n) is 6.60. The Bertz CT molecular complexity index is 904. The average molecular weight is 411 g/mol. The normalized spacial score (nSPS) is 22.0. The molecule has 0 saturated carbocycles. The molecule has 1 atom stereocenters. The molecule has 0 radical (unpaired) electrons. The zero-order valence-corrected chi connectivity index (χ0v) is 17.6. The fourth-order valence-corrected chi connectivity index (χ4v) is 4.90. The maximum atomic E-state index is 13.0. The molecule has 0 unspecified atom stereocenters. The van der Waals surface area contributed by atoms with Gasteiger partial charge in [0.1, 0.15) is 0 Å². The molecule has 2 aromatic rings. The van der Waals surface area contributed by atoms with Crippen molar-refractivity contribution in [2.24, 2.45) is 7.05 Å². The second-order valence-corrected chi connectivity index (χ2v) is 8.52. The Labute approximate surface area is 177 Å². The molecule has 1 aromatic carbocycles. The van der Waals surface area contributed by atoms with Gasteiger partial charge in [-0.25, -0.2) is 0 Å². The molecule has 1 amide bonds. The first-order valence-electron chi connectivity index (χ1n) is 10.9. The number of amides is 1. The summed E-state index contributed by atoms with van der Waals surface area (Å²) in [6.45, 7) is 6.12. The number of carbonyl (C=O) groups excluding carboxylic acids is 1. The zero-order valence-electron chi connectivity index (χ0n) is 17.6. The van der Waals surface area contributed by atoms with Crippen LogP contribution >= 0.6 is 0 Å². The number of benzene rings is 1. The van der Waals surface area contributed by atoms with E-state index in [1.165, 1.54) is 11.3 Å². The van der Waals surface area contributed by atoms with Crippen molar-refractivity contribution < 1.29 is 14.3 Å². The van der Waals surface area contributed by atoms with E-state index in [4.69, 9.17) is 9.47 Å². The molecule has 0 spiro atoms. The van der Waals surface area contributed by atoms with E-state index in [2.05, 4.69) is 51.9 Å². The average Bonchev–Trinajstić information content (AvgIpc) is 3.49. The van der Waals surface area contributed by atoms with Crippen LogP contribution in [0.1, 0.15) is 30.1 Å². The van der Waals surface area contributed by atoms with E-state index in [1.807, 2.05) is 11.0 Å². The number of fused-ring (bicyclic) bond motifs is 1. The molecule has 0 N–H and O–H groups in total. The van der Waals surface area contributed by atoms with Crippen LogP contribution < -0.4 is 9.47 Å². The lowest BCUT2D eigenvalue weighted by Gasteiger charge is -2.36. The van der Waals surface area contributed by atoms with E-state index in [9.17, 15) is 4.79 Å². The van der Waals surface area contributed by atoms with E-state index in [1.54, 1.807) is 0 Å². The van der Waals surface area contributed by atoms with Crippen molar-refractivity contribution >= 4 is 5.91 Å². The largest absolute Gasteiger partial charge is 0.454 e. The highest BCUT2D eigenvalue weighted by Crippen LogP contribution is 2.33. The molecular formula is C23H30N4O3. The van der Waals surface area contributed by atoms with Crippen LogP contribution in [-0.4, -0.2) is 71.2 Å². The van der Waals surface area contributed by atoms with Crippen molar-refractivity contribution in [1.82, 2.24) is 19.3 Å². The number of ether oxygens (including phenoxy) is 2. The van der Waals surface area contributed by atoms with E-state index in [0.29, 0.717) is 19.4 Å². The van der Waals surface area contributed by atoms with Crippen LogP contribution in [0.5, 0.6) is 11.5 Å². The predicted molar refractivity (Wildman–Crippen MR) is 113 cm³/mol. The molecule has 2 saturated heterocycles. The Morgan fingerprint density at radius 3 is 2.70 bits per heavy atom. The highest BCUT2D eigenvalue weighted by molar-refractivity contribution is 5.78. The van der Waals surface area contributed by atoms with Crippen LogP contribution in [0.4, 0.5) is 0 Å². The molecule has 2 fully saturated rings. The Morgan fingerprint density at radius 2 is 1.90 bits per heavy atom. The predicted octanol–water partition coefficient (Wildman–Crippen LogP) is 2.24. The summed E-state index contributed by atoms with van der Waals surface area (Å²) in [7, 11) is 2.09. The highest BCUT2D eigenvalue weighted by atomic mass is 16.7. The van der Waals surface area contributed by atoms with Gasteiger partial charge in [0.2, 0.25) is 12.7 Å². The van der Waals surface area contributed by atoms with Crippen LogP contribution in [-0.2, 0) is 18.4 Å².